The van der Waals surface area contributed by atoms with Crippen molar-refractivity contribution in [2.24, 2.45) is 0 Å². The highest BCUT2D eigenvalue weighted by Gasteiger charge is 2.19. The first-order chi connectivity index (χ1) is 8.29. The van der Waals surface area contributed by atoms with E-state index in [2.05, 4.69) is 64.0 Å². The van der Waals surface area contributed by atoms with Gasteiger partial charge in [0, 0.05) is 22.7 Å². The molecular weight excluding hydrogens is 323 g/mol. The lowest BCUT2D eigenvalue weighted by Gasteiger charge is -2.34. The minimum absolute atomic E-state index is 0.716. The van der Waals surface area contributed by atoms with Crippen LogP contribution in [0.4, 0.5) is 0 Å². The molecule has 1 atom stereocenters. The Morgan fingerprint density at radius 2 is 2.12 bits per heavy atom. The molecule has 2 rings (SSSR count). The molecule has 2 nitrogen and oxygen atoms in total. The number of nitrogens with zero attached hydrogens (tertiary/aromatic N) is 1. The van der Waals surface area contributed by atoms with Crippen LogP contribution >= 0.6 is 22.6 Å². The summed E-state index contributed by atoms with van der Waals surface area (Å²) in [6.45, 7) is 6.83. The Morgan fingerprint density at radius 3 is 2.71 bits per heavy atom. The van der Waals surface area contributed by atoms with Crippen LogP contribution in [0.3, 0.4) is 0 Å². The van der Waals surface area contributed by atoms with Gasteiger partial charge in [-0.2, -0.15) is 0 Å². The van der Waals surface area contributed by atoms with E-state index in [4.69, 9.17) is 0 Å². The number of benzene rings is 1. The van der Waals surface area contributed by atoms with Crippen LogP contribution in [-0.4, -0.2) is 30.6 Å². The Kier molecular flexibility index (Phi) is 5.25. The topological polar surface area (TPSA) is 15.3 Å². The first-order valence-electron chi connectivity index (χ1n) is 6.49. The molecule has 1 aromatic carbocycles. The lowest BCUT2D eigenvalue weighted by atomic mass is 10.0. The largest absolute Gasteiger partial charge is 0.315 e. The number of rotatable bonds is 4. The number of hydrogen-bond acceptors (Lipinski definition) is 2. The molecule has 1 saturated heterocycles. The van der Waals surface area contributed by atoms with Crippen LogP contribution in [0.2, 0.25) is 0 Å². The minimum Gasteiger partial charge on any atom is -0.315 e. The predicted octanol–water partition coefficient (Wildman–Crippen LogP) is 2.87. The van der Waals surface area contributed by atoms with Crippen LogP contribution in [0, 0.1) is 3.57 Å². The van der Waals surface area contributed by atoms with Gasteiger partial charge in [-0.1, -0.05) is 19.1 Å². The van der Waals surface area contributed by atoms with Crippen molar-refractivity contribution in [2.45, 2.75) is 32.4 Å². The molecule has 1 unspecified atom stereocenters. The van der Waals surface area contributed by atoms with Gasteiger partial charge in [0.1, 0.15) is 0 Å². The van der Waals surface area contributed by atoms with E-state index < -0.39 is 0 Å². The monoisotopic (exact) mass is 344 g/mol. The Labute approximate surface area is 118 Å². The third-order valence-corrected chi connectivity index (χ3v) is 4.21. The van der Waals surface area contributed by atoms with Crippen LogP contribution < -0.4 is 5.32 Å². The number of halogens is 1. The zero-order chi connectivity index (χ0) is 12.1. The molecule has 0 spiro atoms. The molecule has 1 heterocycles. The lowest BCUT2D eigenvalue weighted by molar-refractivity contribution is 0.166. The van der Waals surface area contributed by atoms with E-state index in [-0.39, 0.29) is 0 Å². The van der Waals surface area contributed by atoms with Crippen molar-refractivity contribution in [3.8, 4) is 0 Å². The fraction of sp³-hybridized carbons (Fsp3) is 0.571. The maximum atomic E-state index is 3.50. The van der Waals surface area contributed by atoms with Crippen molar-refractivity contribution in [2.75, 3.05) is 19.6 Å². The normalized spacial score (nSPS) is 20.8. The van der Waals surface area contributed by atoms with Gasteiger partial charge in [0.15, 0.2) is 0 Å². The highest BCUT2D eigenvalue weighted by atomic mass is 127. The van der Waals surface area contributed by atoms with Crippen LogP contribution in [0.15, 0.2) is 24.3 Å². The summed E-state index contributed by atoms with van der Waals surface area (Å²) in [6.07, 6.45) is 2.65. The van der Waals surface area contributed by atoms with Crippen molar-refractivity contribution in [3.05, 3.63) is 33.4 Å². The zero-order valence-electron chi connectivity index (χ0n) is 10.5. The van der Waals surface area contributed by atoms with Gasteiger partial charge in [0.25, 0.3) is 0 Å². The van der Waals surface area contributed by atoms with Crippen molar-refractivity contribution >= 4 is 22.6 Å². The van der Waals surface area contributed by atoms with E-state index in [9.17, 15) is 0 Å². The molecule has 1 N–H and O–H groups in total. The molecule has 0 amide bonds. The van der Waals surface area contributed by atoms with Crippen LogP contribution in [0.1, 0.15) is 25.3 Å². The second-order valence-corrected chi connectivity index (χ2v) is 5.94. The van der Waals surface area contributed by atoms with E-state index in [1.165, 1.54) is 28.5 Å². The average molecular weight is 344 g/mol. The Morgan fingerprint density at radius 1 is 1.35 bits per heavy atom. The quantitative estimate of drug-likeness (QED) is 0.845. The summed E-state index contributed by atoms with van der Waals surface area (Å²) in [4.78, 5) is 2.59. The fourth-order valence-corrected chi connectivity index (χ4v) is 2.83. The van der Waals surface area contributed by atoms with Gasteiger partial charge in [-0.05, 0) is 66.2 Å². The highest BCUT2D eigenvalue weighted by molar-refractivity contribution is 14.1. The fourth-order valence-electron chi connectivity index (χ4n) is 2.47. The molecule has 3 heteroatoms. The Balaban J connectivity index is 1.96. The number of likely N-dealkylation sites (N-methyl/N-ethyl adjacent to an activating group) is 1. The number of hydrogen-bond donors (Lipinski definition) is 1. The molecule has 0 bridgehead atoms. The van der Waals surface area contributed by atoms with Gasteiger partial charge >= 0.3 is 0 Å². The van der Waals surface area contributed by atoms with E-state index in [0.717, 1.165) is 19.6 Å². The highest BCUT2D eigenvalue weighted by Crippen LogP contribution is 2.15. The van der Waals surface area contributed by atoms with Crippen LogP contribution in [0.25, 0.3) is 0 Å². The molecule has 0 aromatic heterocycles. The standard InChI is InChI=1S/C14H21IN2/c1-2-17(14-4-3-9-16-10-14)11-12-5-7-13(15)8-6-12/h5-8,14,16H,2-4,9-11H2,1H3. The lowest BCUT2D eigenvalue weighted by Crippen LogP contribution is -2.45. The van der Waals surface area contributed by atoms with E-state index in [0.29, 0.717) is 6.04 Å². The van der Waals surface area contributed by atoms with Crippen molar-refractivity contribution in [1.29, 1.82) is 0 Å². The Bertz CT molecular complexity index is 331. The summed E-state index contributed by atoms with van der Waals surface area (Å²) in [5.41, 5.74) is 1.43. The van der Waals surface area contributed by atoms with E-state index in [1.54, 1.807) is 0 Å². The summed E-state index contributed by atoms with van der Waals surface area (Å²) in [6, 6.07) is 9.61. The maximum absolute atomic E-state index is 3.50. The first kappa shape index (κ1) is 13.3. The van der Waals surface area contributed by atoms with Gasteiger partial charge in [0.2, 0.25) is 0 Å². The molecule has 1 aliphatic heterocycles. The maximum Gasteiger partial charge on any atom is 0.0237 e. The van der Waals surface area contributed by atoms with Crippen molar-refractivity contribution in [3.63, 3.8) is 0 Å². The second kappa shape index (κ2) is 6.71. The minimum atomic E-state index is 0.716. The average Bonchev–Trinajstić information content (AvgIpc) is 2.39. The molecule has 1 fully saturated rings. The molecule has 0 radical (unpaired) electrons. The van der Waals surface area contributed by atoms with Gasteiger partial charge in [-0.25, -0.2) is 0 Å². The number of nitrogens with one attached hydrogen (secondary N) is 1. The first-order valence-corrected chi connectivity index (χ1v) is 7.56. The molecule has 17 heavy (non-hydrogen) atoms. The van der Waals surface area contributed by atoms with Crippen LogP contribution in [0.5, 0.6) is 0 Å². The molecular formula is C14H21IN2. The number of piperidine rings is 1. The summed E-state index contributed by atoms with van der Waals surface area (Å²) >= 11 is 2.36. The summed E-state index contributed by atoms with van der Waals surface area (Å²) in [5, 5.41) is 3.50. The van der Waals surface area contributed by atoms with Gasteiger partial charge in [-0.15, -0.1) is 0 Å². The van der Waals surface area contributed by atoms with Gasteiger partial charge in [0.05, 0.1) is 0 Å². The second-order valence-electron chi connectivity index (χ2n) is 4.69. The zero-order valence-corrected chi connectivity index (χ0v) is 12.6. The third-order valence-electron chi connectivity index (χ3n) is 3.49. The van der Waals surface area contributed by atoms with Crippen molar-refractivity contribution in [1.82, 2.24) is 10.2 Å². The third kappa shape index (κ3) is 3.93. The van der Waals surface area contributed by atoms with E-state index >= 15 is 0 Å². The van der Waals surface area contributed by atoms with Crippen LogP contribution in [-0.2, 0) is 6.54 Å². The summed E-state index contributed by atoms with van der Waals surface area (Å²) in [5.74, 6) is 0. The Hall–Kier alpha value is -0.130. The molecule has 0 saturated carbocycles. The molecule has 1 aliphatic rings. The van der Waals surface area contributed by atoms with Crippen molar-refractivity contribution < 1.29 is 0 Å². The van der Waals surface area contributed by atoms with E-state index in [1.807, 2.05) is 0 Å². The predicted molar refractivity (Wildman–Crippen MR) is 81.1 cm³/mol. The SMILES string of the molecule is CCN(Cc1ccc(I)cc1)C1CCCNC1. The van der Waals surface area contributed by atoms with Gasteiger partial charge in [-0.3, -0.25) is 4.90 Å². The molecule has 1 aromatic rings. The molecule has 94 valence electrons. The summed E-state index contributed by atoms with van der Waals surface area (Å²) in [7, 11) is 0. The summed E-state index contributed by atoms with van der Waals surface area (Å²) < 4.78 is 1.31. The smallest absolute Gasteiger partial charge is 0.0237 e. The molecule has 0 aliphatic carbocycles. The van der Waals surface area contributed by atoms with Gasteiger partial charge < -0.3 is 5.32 Å².